The molecule has 0 spiro atoms. The predicted octanol–water partition coefficient (Wildman–Crippen LogP) is 5.45. The standard InChI is InChI=1S/C19H14F3N3S/c1-25(2)15-6-3-12(4-7-15)9-13(11-23)18-24-16-10-14(19(20,21)22)5-8-17(16)26-18/h3-10H,1-2H3/b13-9+. The SMILES string of the molecule is CN(C)c1ccc(/C=C(\C#N)c2nc3cc(C(F)(F)F)ccc3s2)cc1. The smallest absolute Gasteiger partial charge is 0.378 e. The molecule has 0 aliphatic carbocycles. The number of aromatic nitrogens is 1. The molecule has 0 aliphatic rings. The predicted molar refractivity (Wildman–Crippen MR) is 98.9 cm³/mol. The number of alkyl halides is 3. The van der Waals surface area contributed by atoms with Crippen LogP contribution in [0.3, 0.4) is 0 Å². The minimum atomic E-state index is -4.42. The van der Waals surface area contributed by atoms with Crippen molar-refractivity contribution < 1.29 is 13.2 Å². The molecule has 0 unspecified atom stereocenters. The summed E-state index contributed by atoms with van der Waals surface area (Å²) in [6.07, 6.45) is -2.73. The number of nitriles is 1. The molecule has 0 N–H and O–H groups in total. The molecule has 3 aromatic rings. The van der Waals surface area contributed by atoms with Crippen LogP contribution < -0.4 is 4.90 Å². The van der Waals surface area contributed by atoms with Gasteiger partial charge in [0.1, 0.15) is 11.1 Å². The second kappa shape index (κ2) is 6.81. The van der Waals surface area contributed by atoms with Gasteiger partial charge in [0.2, 0.25) is 0 Å². The highest BCUT2D eigenvalue weighted by atomic mass is 32.1. The average molecular weight is 373 g/mol. The van der Waals surface area contributed by atoms with Gasteiger partial charge in [0.05, 0.1) is 21.4 Å². The highest BCUT2D eigenvalue weighted by Gasteiger charge is 2.30. The topological polar surface area (TPSA) is 39.9 Å². The second-order valence-corrected chi connectivity index (χ2v) is 6.89. The third-order valence-corrected chi connectivity index (χ3v) is 4.86. The normalized spacial score (nSPS) is 12.2. The minimum absolute atomic E-state index is 0.240. The number of anilines is 1. The van der Waals surface area contributed by atoms with Crippen molar-refractivity contribution in [3.63, 3.8) is 0 Å². The van der Waals surface area contributed by atoms with Crippen molar-refractivity contribution in [3.05, 3.63) is 58.6 Å². The molecule has 1 heterocycles. The van der Waals surface area contributed by atoms with Crippen molar-refractivity contribution in [1.29, 1.82) is 5.26 Å². The Labute approximate surface area is 152 Å². The van der Waals surface area contributed by atoms with Crippen LogP contribution >= 0.6 is 11.3 Å². The van der Waals surface area contributed by atoms with Gasteiger partial charge in [0, 0.05) is 19.8 Å². The van der Waals surface area contributed by atoms with Crippen LogP contribution in [0, 0.1) is 11.3 Å². The lowest BCUT2D eigenvalue weighted by Gasteiger charge is -2.11. The maximum absolute atomic E-state index is 12.8. The molecule has 0 saturated heterocycles. The Morgan fingerprint density at radius 2 is 1.85 bits per heavy atom. The third-order valence-electron chi connectivity index (χ3n) is 3.79. The van der Waals surface area contributed by atoms with Crippen LogP contribution in [0.25, 0.3) is 21.9 Å². The fourth-order valence-corrected chi connectivity index (χ4v) is 3.31. The van der Waals surface area contributed by atoms with E-state index in [1.54, 1.807) is 6.08 Å². The molecule has 0 saturated carbocycles. The van der Waals surface area contributed by atoms with E-state index in [-0.39, 0.29) is 5.52 Å². The zero-order valence-electron chi connectivity index (χ0n) is 14.0. The first-order valence-electron chi connectivity index (χ1n) is 7.65. The van der Waals surface area contributed by atoms with Gasteiger partial charge in [-0.1, -0.05) is 12.1 Å². The van der Waals surface area contributed by atoms with Crippen molar-refractivity contribution in [3.8, 4) is 6.07 Å². The van der Waals surface area contributed by atoms with E-state index in [2.05, 4.69) is 11.1 Å². The van der Waals surface area contributed by atoms with Crippen LogP contribution in [0.5, 0.6) is 0 Å². The molecule has 26 heavy (non-hydrogen) atoms. The fourth-order valence-electron chi connectivity index (χ4n) is 2.40. The Morgan fingerprint density at radius 3 is 2.42 bits per heavy atom. The average Bonchev–Trinajstić information content (AvgIpc) is 3.02. The molecule has 7 heteroatoms. The third kappa shape index (κ3) is 3.70. The van der Waals surface area contributed by atoms with Gasteiger partial charge in [-0.2, -0.15) is 18.4 Å². The van der Waals surface area contributed by atoms with Crippen LogP contribution in [0.1, 0.15) is 16.1 Å². The van der Waals surface area contributed by atoms with Crippen molar-refractivity contribution >= 4 is 38.9 Å². The fraction of sp³-hybridized carbons (Fsp3) is 0.158. The van der Waals surface area contributed by atoms with Crippen LogP contribution in [0.15, 0.2) is 42.5 Å². The first-order chi connectivity index (χ1) is 12.3. The van der Waals surface area contributed by atoms with Gasteiger partial charge < -0.3 is 4.90 Å². The summed E-state index contributed by atoms with van der Waals surface area (Å²) >= 11 is 1.20. The molecule has 0 bridgehead atoms. The van der Waals surface area contributed by atoms with E-state index < -0.39 is 11.7 Å². The van der Waals surface area contributed by atoms with E-state index in [0.717, 1.165) is 23.4 Å². The number of fused-ring (bicyclic) bond motifs is 1. The second-order valence-electron chi connectivity index (χ2n) is 5.86. The van der Waals surface area contributed by atoms with E-state index in [0.29, 0.717) is 15.3 Å². The van der Waals surface area contributed by atoms with Crippen LogP contribution in [-0.4, -0.2) is 19.1 Å². The van der Waals surface area contributed by atoms with E-state index in [4.69, 9.17) is 0 Å². The highest BCUT2D eigenvalue weighted by molar-refractivity contribution is 7.19. The van der Waals surface area contributed by atoms with Crippen LogP contribution in [-0.2, 0) is 6.18 Å². The van der Waals surface area contributed by atoms with Gasteiger partial charge in [-0.05, 0) is 42.0 Å². The first-order valence-corrected chi connectivity index (χ1v) is 8.47. The highest BCUT2D eigenvalue weighted by Crippen LogP contribution is 2.34. The summed E-state index contributed by atoms with van der Waals surface area (Å²) in [5.74, 6) is 0. The Hall–Kier alpha value is -2.85. The summed E-state index contributed by atoms with van der Waals surface area (Å²) in [5, 5.41) is 9.85. The number of rotatable bonds is 3. The van der Waals surface area contributed by atoms with Gasteiger partial charge in [-0.25, -0.2) is 4.98 Å². The molecule has 0 fully saturated rings. The number of allylic oxidation sites excluding steroid dienone is 1. The van der Waals surface area contributed by atoms with E-state index in [1.165, 1.54) is 17.4 Å². The Morgan fingerprint density at radius 1 is 1.15 bits per heavy atom. The first kappa shape index (κ1) is 18.0. The number of thiazole rings is 1. The van der Waals surface area contributed by atoms with Crippen molar-refractivity contribution in [1.82, 2.24) is 4.98 Å². The van der Waals surface area contributed by atoms with E-state index in [9.17, 15) is 18.4 Å². The number of hydrogen-bond donors (Lipinski definition) is 0. The lowest BCUT2D eigenvalue weighted by Crippen LogP contribution is -2.07. The minimum Gasteiger partial charge on any atom is -0.378 e. The zero-order chi connectivity index (χ0) is 18.9. The number of benzene rings is 2. The Balaban J connectivity index is 1.98. The maximum atomic E-state index is 12.8. The molecule has 0 aliphatic heterocycles. The lowest BCUT2D eigenvalue weighted by atomic mass is 10.1. The summed E-state index contributed by atoms with van der Waals surface area (Å²) in [6.45, 7) is 0. The molecule has 132 valence electrons. The number of hydrogen-bond acceptors (Lipinski definition) is 4. The summed E-state index contributed by atoms with van der Waals surface area (Å²) < 4.78 is 39.1. The number of halogens is 3. The van der Waals surface area contributed by atoms with Crippen molar-refractivity contribution in [2.45, 2.75) is 6.18 Å². The quantitative estimate of drug-likeness (QED) is 0.574. The molecular formula is C19H14F3N3S. The van der Waals surface area contributed by atoms with Gasteiger partial charge >= 0.3 is 6.18 Å². The van der Waals surface area contributed by atoms with Gasteiger partial charge in [0.25, 0.3) is 0 Å². The Bertz CT molecular complexity index is 1010. The zero-order valence-corrected chi connectivity index (χ0v) is 14.8. The van der Waals surface area contributed by atoms with Gasteiger partial charge in [-0.15, -0.1) is 11.3 Å². The Kier molecular flexibility index (Phi) is 4.70. The van der Waals surface area contributed by atoms with Gasteiger partial charge in [-0.3, -0.25) is 0 Å². The molecular weight excluding hydrogens is 359 g/mol. The van der Waals surface area contributed by atoms with Crippen LogP contribution in [0.2, 0.25) is 0 Å². The maximum Gasteiger partial charge on any atom is 0.416 e. The summed E-state index contributed by atoms with van der Waals surface area (Å²) in [6, 6.07) is 13.1. The molecule has 2 aromatic carbocycles. The van der Waals surface area contributed by atoms with Crippen LogP contribution in [0.4, 0.5) is 18.9 Å². The van der Waals surface area contributed by atoms with Crippen molar-refractivity contribution in [2.24, 2.45) is 0 Å². The molecule has 0 atom stereocenters. The van der Waals surface area contributed by atoms with E-state index >= 15 is 0 Å². The summed E-state index contributed by atoms with van der Waals surface area (Å²) in [5.41, 5.74) is 1.66. The largest absolute Gasteiger partial charge is 0.416 e. The molecule has 3 rings (SSSR count). The summed E-state index contributed by atoms with van der Waals surface area (Å²) in [7, 11) is 3.86. The molecule has 0 amide bonds. The summed E-state index contributed by atoms with van der Waals surface area (Å²) in [4.78, 5) is 6.18. The number of nitrogens with zero attached hydrogens (tertiary/aromatic N) is 3. The monoisotopic (exact) mass is 373 g/mol. The van der Waals surface area contributed by atoms with Crippen molar-refractivity contribution in [2.75, 3.05) is 19.0 Å². The van der Waals surface area contributed by atoms with Gasteiger partial charge in [0.15, 0.2) is 0 Å². The van der Waals surface area contributed by atoms with E-state index in [1.807, 2.05) is 43.3 Å². The molecule has 0 radical (unpaired) electrons. The lowest BCUT2D eigenvalue weighted by molar-refractivity contribution is -0.137. The molecule has 1 aromatic heterocycles. The molecule has 3 nitrogen and oxygen atoms in total.